The van der Waals surface area contributed by atoms with Crippen molar-refractivity contribution in [3.63, 3.8) is 0 Å². The van der Waals surface area contributed by atoms with Gasteiger partial charge in [-0.1, -0.05) is 0 Å². The summed E-state index contributed by atoms with van der Waals surface area (Å²) >= 11 is 0. The van der Waals surface area contributed by atoms with E-state index in [2.05, 4.69) is 0 Å². The third-order valence-electron chi connectivity index (χ3n) is 3.58. The molecule has 0 spiro atoms. The van der Waals surface area contributed by atoms with E-state index in [0.717, 1.165) is 6.42 Å². The number of fused-ring (bicyclic) bond motifs is 2. The molecule has 2 aliphatic rings. The molecule has 3 unspecified atom stereocenters. The van der Waals surface area contributed by atoms with Gasteiger partial charge in [0.2, 0.25) is 0 Å². The van der Waals surface area contributed by atoms with Gasteiger partial charge in [-0.15, -0.1) is 0 Å². The third-order valence-corrected chi connectivity index (χ3v) is 3.58. The van der Waals surface area contributed by atoms with Crippen molar-refractivity contribution in [1.29, 1.82) is 0 Å². The van der Waals surface area contributed by atoms with E-state index in [1.54, 1.807) is 0 Å². The first kappa shape index (κ1) is 15.1. The van der Waals surface area contributed by atoms with Crippen LogP contribution in [0.5, 0.6) is 0 Å². The molecule has 3 atom stereocenters. The van der Waals surface area contributed by atoms with Gasteiger partial charge in [-0.25, -0.2) is 0 Å². The molecule has 2 aliphatic carbocycles. The first-order valence-electron chi connectivity index (χ1n) is 4.48. The zero-order valence-electron chi connectivity index (χ0n) is 9.12. The van der Waals surface area contributed by atoms with Gasteiger partial charge in [0.25, 0.3) is 0 Å². The minimum atomic E-state index is -1.23. The smallest absolute Gasteiger partial charge is 0.550 e. The van der Waals surface area contributed by atoms with Crippen molar-refractivity contribution < 1.29 is 57.5 Å². The zero-order valence-corrected chi connectivity index (χ0v) is 9.12. The Morgan fingerprint density at radius 1 is 1.20 bits per heavy atom. The first-order valence-corrected chi connectivity index (χ1v) is 4.48. The summed E-state index contributed by atoms with van der Waals surface area (Å²) in [5.41, 5.74) is -1.11. The quantitative estimate of drug-likeness (QED) is 0.411. The number of carbonyl (C=O) groups excluding carboxylic acids is 2. The van der Waals surface area contributed by atoms with Crippen LogP contribution in [-0.4, -0.2) is 11.9 Å². The molecule has 2 fully saturated rings. The van der Waals surface area contributed by atoms with E-state index < -0.39 is 23.3 Å². The molecular weight excluding hydrogens is 186 g/mol. The van der Waals surface area contributed by atoms with Crippen molar-refractivity contribution in [2.24, 2.45) is 17.3 Å². The molecule has 72 valence electrons. The Kier molecular flexibility index (Phi) is 5.02. The van der Waals surface area contributed by atoms with E-state index >= 15 is 0 Å². The molecule has 0 heterocycles. The second-order valence-electron chi connectivity index (χ2n) is 4.16. The fourth-order valence-electron chi connectivity index (χ4n) is 2.91. The maximum absolute atomic E-state index is 10.9. The van der Waals surface area contributed by atoms with Crippen LogP contribution in [0, 0.1) is 17.3 Å². The molecule has 15 heavy (non-hydrogen) atoms. The van der Waals surface area contributed by atoms with E-state index in [1.165, 1.54) is 0 Å². The van der Waals surface area contributed by atoms with Crippen LogP contribution >= 0.6 is 0 Å². The Hall–Kier alpha value is 0.135. The molecule has 2 saturated carbocycles. The molecule has 6 heteroatoms. The maximum Gasteiger partial charge on any atom is 1.00 e. The second kappa shape index (κ2) is 4.98. The van der Waals surface area contributed by atoms with Gasteiger partial charge in [-0.3, -0.25) is 0 Å². The summed E-state index contributed by atoms with van der Waals surface area (Å²) < 4.78 is 0. The predicted molar refractivity (Wildman–Crippen MR) is 37.9 cm³/mol. The summed E-state index contributed by atoms with van der Waals surface area (Å²) in [6.07, 6.45) is 2.18. The van der Waals surface area contributed by atoms with Crippen LogP contribution in [0.4, 0.5) is 0 Å². The summed E-state index contributed by atoms with van der Waals surface area (Å²) in [5, 5.41) is 21.6. The molecule has 2 rings (SSSR count). The molecule has 0 N–H and O–H groups in total. The summed E-state index contributed by atoms with van der Waals surface area (Å²) in [5.74, 6) is -3.01. The molecule has 4 nitrogen and oxygen atoms in total. The van der Waals surface area contributed by atoms with Gasteiger partial charge in [0.1, 0.15) is 0 Å². The van der Waals surface area contributed by atoms with E-state index in [1.807, 2.05) is 0 Å². The molecule has 0 aromatic rings. The fraction of sp³-hybridized carbons (Fsp3) is 0.778. The Bertz CT molecular complexity index is 281. The van der Waals surface area contributed by atoms with E-state index in [0.29, 0.717) is 19.3 Å². The molecule has 0 saturated heterocycles. The average Bonchev–Trinajstić information content (AvgIpc) is 2.60. The minimum absolute atomic E-state index is 0. The number of carboxylic acids is 2. The summed E-state index contributed by atoms with van der Waals surface area (Å²) in [7, 11) is 0. The van der Waals surface area contributed by atoms with Crippen molar-refractivity contribution in [3.8, 4) is 0 Å². The number of rotatable bonds is 2. The van der Waals surface area contributed by atoms with Crippen LogP contribution in [-0.2, 0) is 9.59 Å². The molecule has 0 aliphatic heterocycles. The number of hydrogen-bond acceptors (Lipinski definition) is 4. The molecule has 2 bridgehead atoms. The van der Waals surface area contributed by atoms with Crippen molar-refractivity contribution in [2.75, 3.05) is 0 Å². The van der Waals surface area contributed by atoms with Crippen LogP contribution in [0.2, 0.25) is 0 Å². The average molecular weight is 196 g/mol. The minimum Gasteiger partial charge on any atom is -0.550 e. The normalized spacial score (nSPS) is 36.5. The van der Waals surface area contributed by atoms with Crippen LogP contribution < -0.4 is 47.9 Å². The van der Waals surface area contributed by atoms with Crippen LogP contribution in [0.25, 0.3) is 0 Å². The molecule has 0 aromatic carbocycles. The third kappa shape index (κ3) is 2.15. The van der Waals surface area contributed by atoms with Gasteiger partial charge in [0.15, 0.2) is 0 Å². The predicted octanol–water partition coefficient (Wildman–Crippen LogP) is -7.70. The summed E-state index contributed by atoms with van der Waals surface area (Å²) in [6.45, 7) is 0. The topological polar surface area (TPSA) is 80.3 Å². The van der Waals surface area contributed by atoms with Gasteiger partial charge < -0.3 is 19.8 Å². The van der Waals surface area contributed by atoms with E-state index in [4.69, 9.17) is 0 Å². The largest absolute Gasteiger partial charge is 1.00 e. The SMILES string of the molecule is O=C([O-])C1CC2CCC1(C(=O)[O-])C2.[Li+].[Li+]. The Balaban J connectivity index is 0.000000980. The van der Waals surface area contributed by atoms with E-state index in [9.17, 15) is 19.8 Å². The first-order chi connectivity index (χ1) is 6.06. The Morgan fingerprint density at radius 2 is 1.80 bits per heavy atom. The van der Waals surface area contributed by atoms with Crippen molar-refractivity contribution in [1.82, 2.24) is 0 Å². The van der Waals surface area contributed by atoms with Gasteiger partial charge in [0.05, 0.1) is 0 Å². The van der Waals surface area contributed by atoms with Crippen LogP contribution in [0.1, 0.15) is 25.7 Å². The van der Waals surface area contributed by atoms with Gasteiger partial charge in [-0.05, 0) is 31.6 Å². The summed E-state index contributed by atoms with van der Waals surface area (Å²) in [6, 6.07) is 0. The molecular formula is C9H10Li2O4. The van der Waals surface area contributed by atoms with Gasteiger partial charge >= 0.3 is 37.7 Å². The van der Waals surface area contributed by atoms with Crippen molar-refractivity contribution >= 4 is 11.9 Å². The van der Waals surface area contributed by atoms with Crippen LogP contribution in [0.3, 0.4) is 0 Å². The molecule has 0 aromatic heterocycles. The monoisotopic (exact) mass is 196 g/mol. The number of hydrogen-bond donors (Lipinski definition) is 0. The fourth-order valence-corrected chi connectivity index (χ4v) is 2.91. The maximum atomic E-state index is 10.9. The van der Waals surface area contributed by atoms with Crippen molar-refractivity contribution in [2.45, 2.75) is 25.7 Å². The Labute approximate surface area is 112 Å². The molecule has 0 amide bonds. The van der Waals surface area contributed by atoms with Gasteiger partial charge in [0, 0.05) is 23.3 Å². The second-order valence-corrected chi connectivity index (χ2v) is 4.16. The zero-order chi connectivity index (χ0) is 9.64. The number of carbonyl (C=O) groups is 2. The number of aliphatic carboxylic acids is 2. The number of carboxylic acid groups (broad SMARTS) is 2. The van der Waals surface area contributed by atoms with Crippen molar-refractivity contribution in [3.05, 3.63) is 0 Å². The Morgan fingerprint density at radius 3 is 2.13 bits per heavy atom. The van der Waals surface area contributed by atoms with Crippen LogP contribution in [0.15, 0.2) is 0 Å². The standard InChI is InChI=1S/C9H12O4.2Li/c10-7(11)6-3-5-1-2-9(6,4-5)8(12)13;;/h5-6H,1-4H2,(H,10,11)(H,12,13);;/q;2*+1/p-2. The summed E-state index contributed by atoms with van der Waals surface area (Å²) in [4.78, 5) is 21.6. The van der Waals surface area contributed by atoms with E-state index in [-0.39, 0.29) is 43.6 Å². The molecule has 0 radical (unpaired) electrons. The van der Waals surface area contributed by atoms with Gasteiger partial charge in [-0.2, -0.15) is 0 Å².